The van der Waals surface area contributed by atoms with Gasteiger partial charge in [-0.1, -0.05) is 129 Å². The Hall–Kier alpha value is -0.980. The third-order valence-electron chi connectivity index (χ3n) is 5.89. The fourth-order valence-electron chi connectivity index (χ4n) is 4.00. The Bertz CT molecular complexity index is 417. The number of allylic oxidation sites excluding steroid dienone is 1. The Morgan fingerprint density at radius 3 is 1.43 bits per heavy atom. The van der Waals surface area contributed by atoms with Crippen LogP contribution < -0.4 is 0 Å². The van der Waals surface area contributed by atoms with E-state index in [1.165, 1.54) is 134 Å². The minimum absolute atomic E-state index is 1.22. The fraction of sp³-hybridized carbons (Fsp3) is 0.778. The Morgan fingerprint density at radius 1 is 0.607 bits per heavy atom. The van der Waals surface area contributed by atoms with Crippen LogP contribution in [0.25, 0.3) is 6.08 Å². The van der Waals surface area contributed by atoms with Crippen molar-refractivity contribution in [3.63, 3.8) is 0 Å². The number of aromatic nitrogens is 1. The highest BCUT2D eigenvalue weighted by Gasteiger charge is 1.95. The van der Waals surface area contributed by atoms with Crippen LogP contribution in [0.3, 0.4) is 0 Å². The maximum Gasteiger partial charge on any atom is 0.0377 e. The number of H-pyrrole nitrogens is 1. The number of rotatable bonds is 21. The molecular formula is C27H49N. The molecule has 28 heavy (non-hydrogen) atoms. The summed E-state index contributed by atoms with van der Waals surface area (Å²) in [5, 5.41) is 0. The lowest BCUT2D eigenvalue weighted by atomic mass is 10.0. The normalized spacial score (nSPS) is 11.6. The van der Waals surface area contributed by atoms with E-state index in [2.05, 4.69) is 36.2 Å². The molecule has 1 nitrogen and oxygen atoms in total. The van der Waals surface area contributed by atoms with E-state index in [0.29, 0.717) is 0 Å². The predicted molar refractivity (Wildman–Crippen MR) is 128 cm³/mol. The zero-order valence-corrected chi connectivity index (χ0v) is 19.0. The summed E-state index contributed by atoms with van der Waals surface area (Å²) in [5.41, 5.74) is 1.22. The van der Waals surface area contributed by atoms with Gasteiger partial charge in [0.25, 0.3) is 0 Å². The molecule has 1 N–H and O–H groups in total. The lowest BCUT2D eigenvalue weighted by Gasteiger charge is -2.03. The molecule has 0 saturated carbocycles. The molecule has 0 aromatic carbocycles. The summed E-state index contributed by atoms with van der Waals surface area (Å²) in [7, 11) is 0. The van der Waals surface area contributed by atoms with Crippen LogP contribution in [0.2, 0.25) is 0 Å². The number of hydrogen-bond donors (Lipinski definition) is 1. The lowest BCUT2D eigenvalue weighted by molar-refractivity contribution is 0.523. The van der Waals surface area contributed by atoms with Gasteiger partial charge in [0.1, 0.15) is 0 Å². The smallest absolute Gasteiger partial charge is 0.0377 e. The van der Waals surface area contributed by atoms with Gasteiger partial charge in [0.05, 0.1) is 0 Å². The molecule has 0 spiro atoms. The molecule has 0 unspecified atom stereocenters. The third-order valence-corrected chi connectivity index (χ3v) is 5.89. The molecule has 0 aliphatic carbocycles. The van der Waals surface area contributed by atoms with E-state index in [9.17, 15) is 0 Å². The van der Waals surface area contributed by atoms with Crippen LogP contribution in [-0.2, 0) is 0 Å². The third kappa shape index (κ3) is 17.1. The first kappa shape index (κ1) is 25.1. The SMILES string of the molecule is CCCCCCCCCCCCCCCCCCCCC/C=C/c1ccc[nH]1. The van der Waals surface area contributed by atoms with Gasteiger partial charge in [0.15, 0.2) is 0 Å². The summed E-state index contributed by atoms with van der Waals surface area (Å²) in [6.07, 6.45) is 35.3. The van der Waals surface area contributed by atoms with E-state index in [0.717, 1.165) is 0 Å². The number of hydrogen-bond acceptors (Lipinski definition) is 0. The van der Waals surface area contributed by atoms with Crippen molar-refractivity contribution < 1.29 is 0 Å². The first-order valence-corrected chi connectivity index (χ1v) is 12.7. The number of aromatic amines is 1. The highest BCUT2D eigenvalue weighted by atomic mass is 14.7. The van der Waals surface area contributed by atoms with Crippen LogP contribution in [-0.4, -0.2) is 4.98 Å². The van der Waals surface area contributed by atoms with Gasteiger partial charge in [-0.05, 0) is 31.1 Å². The van der Waals surface area contributed by atoms with Crippen LogP contribution in [0, 0.1) is 0 Å². The van der Waals surface area contributed by atoms with Gasteiger partial charge in [-0.15, -0.1) is 0 Å². The first-order chi connectivity index (χ1) is 13.9. The molecule has 0 saturated heterocycles. The molecule has 1 rings (SSSR count). The Kier molecular flexibility index (Phi) is 18.6. The van der Waals surface area contributed by atoms with Crippen molar-refractivity contribution in [2.24, 2.45) is 0 Å². The molecule has 1 heterocycles. The van der Waals surface area contributed by atoms with Gasteiger partial charge in [-0.3, -0.25) is 0 Å². The predicted octanol–water partition coefficient (Wildman–Crippen LogP) is 9.85. The quantitative estimate of drug-likeness (QED) is 0.202. The highest BCUT2D eigenvalue weighted by molar-refractivity contribution is 5.43. The molecule has 0 aliphatic heterocycles. The van der Waals surface area contributed by atoms with Crippen molar-refractivity contribution in [1.29, 1.82) is 0 Å². The molecule has 1 heteroatoms. The molecule has 0 amide bonds. The molecule has 0 bridgehead atoms. The monoisotopic (exact) mass is 387 g/mol. The van der Waals surface area contributed by atoms with E-state index >= 15 is 0 Å². The van der Waals surface area contributed by atoms with Gasteiger partial charge in [-0.25, -0.2) is 0 Å². The van der Waals surface area contributed by atoms with Crippen molar-refractivity contribution in [3.05, 3.63) is 30.1 Å². The molecule has 0 radical (unpaired) electrons. The first-order valence-electron chi connectivity index (χ1n) is 12.7. The summed E-state index contributed by atoms with van der Waals surface area (Å²) in [6, 6.07) is 4.17. The second kappa shape index (κ2) is 20.7. The average Bonchev–Trinajstić information content (AvgIpc) is 3.22. The van der Waals surface area contributed by atoms with Crippen LogP contribution in [0.5, 0.6) is 0 Å². The van der Waals surface area contributed by atoms with E-state index < -0.39 is 0 Å². The lowest BCUT2D eigenvalue weighted by Crippen LogP contribution is -1.84. The average molecular weight is 388 g/mol. The Balaban J connectivity index is 1.67. The van der Waals surface area contributed by atoms with Crippen molar-refractivity contribution in [3.8, 4) is 0 Å². The molecule has 0 fully saturated rings. The van der Waals surface area contributed by atoms with Crippen LogP contribution in [0.15, 0.2) is 24.4 Å². The van der Waals surface area contributed by atoms with Gasteiger partial charge in [0, 0.05) is 11.9 Å². The van der Waals surface area contributed by atoms with Gasteiger partial charge in [0.2, 0.25) is 0 Å². The molecule has 1 aromatic heterocycles. The second-order valence-corrected chi connectivity index (χ2v) is 8.68. The topological polar surface area (TPSA) is 15.8 Å². The van der Waals surface area contributed by atoms with Crippen molar-refractivity contribution in [1.82, 2.24) is 4.98 Å². The summed E-state index contributed by atoms with van der Waals surface area (Å²) >= 11 is 0. The van der Waals surface area contributed by atoms with Gasteiger partial charge >= 0.3 is 0 Å². The summed E-state index contributed by atoms with van der Waals surface area (Å²) in [6.45, 7) is 2.30. The number of unbranched alkanes of at least 4 members (excludes halogenated alkanes) is 19. The van der Waals surface area contributed by atoms with E-state index in [1.54, 1.807) is 0 Å². The standard InChI is InChI=1S/C27H49N/c1-2-3-4-5-6-7-8-9-10-11-12-13-14-15-16-17-18-19-20-21-22-24-27-25-23-26-28-27/h22-26,28H,2-21H2,1H3/b24-22+. The molecule has 0 aliphatic rings. The molecule has 0 atom stereocenters. The van der Waals surface area contributed by atoms with Crippen LogP contribution in [0.1, 0.15) is 141 Å². The maximum absolute atomic E-state index is 3.21. The van der Waals surface area contributed by atoms with Gasteiger partial charge < -0.3 is 4.98 Å². The maximum atomic E-state index is 3.21. The second-order valence-electron chi connectivity index (χ2n) is 8.68. The van der Waals surface area contributed by atoms with E-state index in [4.69, 9.17) is 0 Å². The molecular weight excluding hydrogens is 338 g/mol. The van der Waals surface area contributed by atoms with Gasteiger partial charge in [-0.2, -0.15) is 0 Å². The summed E-state index contributed by atoms with van der Waals surface area (Å²) in [4.78, 5) is 3.21. The van der Waals surface area contributed by atoms with Crippen LogP contribution in [0.4, 0.5) is 0 Å². The van der Waals surface area contributed by atoms with Crippen molar-refractivity contribution >= 4 is 6.08 Å². The van der Waals surface area contributed by atoms with E-state index in [-0.39, 0.29) is 0 Å². The summed E-state index contributed by atoms with van der Waals surface area (Å²) < 4.78 is 0. The fourth-order valence-corrected chi connectivity index (χ4v) is 4.00. The van der Waals surface area contributed by atoms with Crippen molar-refractivity contribution in [2.75, 3.05) is 0 Å². The largest absolute Gasteiger partial charge is 0.362 e. The molecule has 1 aromatic rings. The van der Waals surface area contributed by atoms with E-state index in [1.807, 2.05) is 6.20 Å². The Labute approximate surface area is 176 Å². The highest BCUT2D eigenvalue weighted by Crippen LogP contribution is 2.15. The summed E-state index contributed by atoms with van der Waals surface area (Å²) in [5.74, 6) is 0. The Morgan fingerprint density at radius 2 is 1.04 bits per heavy atom. The minimum Gasteiger partial charge on any atom is -0.362 e. The van der Waals surface area contributed by atoms with Crippen LogP contribution >= 0.6 is 0 Å². The van der Waals surface area contributed by atoms with Crippen molar-refractivity contribution in [2.45, 2.75) is 135 Å². The zero-order valence-electron chi connectivity index (χ0n) is 19.0. The minimum atomic E-state index is 1.22. The molecule has 162 valence electrons. The zero-order chi connectivity index (χ0) is 20.0. The number of nitrogens with one attached hydrogen (secondary N) is 1.